The minimum atomic E-state index is -0.222. The Balaban J connectivity index is 1.52. The highest BCUT2D eigenvalue weighted by Gasteiger charge is 2.13. The van der Waals surface area contributed by atoms with Crippen molar-refractivity contribution in [2.45, 2.75) is 6.92 Å². The third-order valence-corrected chi connectivity index (χ3v) is 4.51. The van der Waals surface area contributed by atoms with Gasteiger partial charge in [-0.15, -0.1) is 10.2 Å². The number of halogens is 1. The maximum absolute atomic E-state index is 12.4. The number of carbonyl (C=O) groups is 1. The molecule has 1 aromatic heterocycles. The molecule has 3 aromatic carbocycles. The Kier molecular flexibility index (Phi) is 4.91. The molecule has 0 atom stereocenters. The lowest BCUT2D eigenvalue weighted by atomic mass is 10.1. The van der Waals surface area contributed by atoms with Gasteiger partial charge in [-0.1, -0.05) is 35.9 Å². The lowest BCUT2D eigenvalue weighted by Crippen LogP contribution is -2.11. The van der Waals surface area contributed by atoms with Crippen molar-refractivity contribution in [1.82, 2.24) is 10.2 Å². The van der Waals surface area contributed by atoms with Gasteiger partial charge in [-0.05, 0) is 61.0 Å². The van der Waals surface area contributed by atoms with Crippen LogP contribution >= 0.6 is 11.6 Å². The minimum Gasteiger partial charge on any atom is -0.416 e. The van der Waals surface area contributed by atoms with Crippen LogP contribution in [0.2, 0.25) is 5.02 Å². The van der Waals surface area contributed by atoms with E-state index in [0.717, 1.165) is 16.7 Å². The largest absolute Gasteiger partial charge is 0.416 e. The number of carbonyl (C=O) groups excluding carboxylic acids is 1. The summed E-state index contributed by atoms with van der Waals surface area (Å²) in [5.74, 6) is 0.649. The van der Waals surface area contributed by atoms with Gasteiger partial charge in [0, 0.05) is 27.4 Å². The van der Waals surface area contributed by atoms with Crippen LogP contribution < -0.4 is 5.32 Å². The molecule has 138 valence electrons. The highest BCUT2D eigenvalue weighted by Crippen LogP contribution is 2.26. The number of benzene rings is 3. The third kappa shape index (κ3) is 3.80. The molecule has 5 nitrogen and oxygen atoms in total. The Bertz CT molecular complexity index is 1140. The van der Waals surface area contributed by atoms with E-state index in [2.05, 4.69) is 15.5 Å². The van der Waals surface area contributed by atoms with E-state index in [1.165, 1.54) is 0 Å². The standard InChI is InChI=1S/C22H16ClN3O2/c1-14-5-2-3-8-19(14)22-26-25-21(28-22)16-11-9-15(10-12-16)20(27)24-18-7-4-6-17(23)13-18/h2-13H,1H3,(H,24,27). The van der Waals surface area contributed by atoms with Crippen LogP contribution in [0.4, 0.5) is 5.69 Å². The van der Waals surface area contributed by atoms with E-state index in [1.54, 1.807) is 48.5 Å². The highest BCUT2D eigenvalue weighted by atomic mass is 35.5. The molecule has 0 fully saturated rings. The molecule has 0 spiro atoms. The van der Waals surface area contributed by atoms with E-state index in [-0.39, 0.29) is 5.91 Å². The second-order valence-electron chi connectivity index (χ2n) is 6.27. The van der Waals surface area contributed by atoms with Crippen molar-refractivity contribution in [1.29, 1.82) is 0 Å². The predicted octanol–water partition coefficient (Wildman–Crippen LogP) is 5.62. The van der Waals surface area contributed by atoms with Crippen molar-refractivity contribution < 1.29 is 9.21 Å². The fourth-order valence-electron chi connectivity index (χ4n) is 2.80. The Labute approximate surface area is 167 Å². The van der Waals surface area contributed by atoms with E-state index in [0.29, 0.717) is 28.1 Å². The fourth-order valence-corrected chi connectivity index (χ4v) is 2.99. The molecule has 1 heterocycles. The SMILES string of the molecule is Cc1ccccc1-c1nnc(-c2ccc(C(=O)Nc3cccc(Cl)c3)cc2)o1. The third-order valence-electron chi connectivity index (χ3n) is 4.28. The van der Waals surface area contributed by atoms with E-state index >= 15 is 0 Å². The number of hydrogen-bond acceptors (Lipinski definition) is 4. The summed E-state index contributed by atoms with van der Waals surface area (Å²) in [6.45, 7) is 1.99. The second-order valence-corrected chi connectivity index (χ2v) is 6.71. The first-order chi connectivity index (χ1) is 13.6. The summed E-state index contributed by atoms with van der Waals surface area (Å²) in [5.41, 5.74) is 3.86. The Morgan fingerprint density at radius 3 is 2.43 bits per heavy atom. The molecule has 1 amide bonds. The molecule has 0 aliphatic carbocycles. The van der Waals surface area contributed by atoms with Crippen LogP contribution in [0.1, 0.15) is 15.9 Å². The van der Waals surface area contributed by atoms with Gasteiger partial charge >= 0.3 is 0 Å². The molecule has 0 saturated heterocycles. The van der Waals surface area contributed by atoms with E-state index in [4.69, 9.17) is 16.0 Å². The molecule has 0 saturated carbocycles. The summed E-state index contributed by atoms with van der Waals surface area (Å²) in [7, 11) is 0. The number of aryl methyl sites for hydroxylation is 1. The molecule has 4 rings (SSSR count). The average molecular weight is 390 g/mol. The molecular weight excluding hydrogens is 374 g/mol. The van der Waals surface area contributed by atoms with Crippen LogP contribution in [0.15, 0.2) is 77.2 Å². The van der Waals surface area contributed by atoms with Crippen molar-refractivity contribution in [3.8, 4) is 22.9 Å². The van der Waals surface area contributed by atoms with Gasteiger partial charge in [0.2, 0.25) is 11.8 Å². The zero-order valence-electron chi connectivity index (χ0n) is 15.0. The van der Waals surface area contributed by atoms with Crippen LogP contribution in [0.25, 0.3) is 22.9 Å². The Morgan fingerprint density at radius 2 is 1.68 bits per heavy atom. The predicted molar refractivity (Wildman–Crippen MR) is 109 cm³/mol. The van der Waals surface area contributed by atoms with Gasteiger partial charge in [0.05, 0.1) is 0 Å². The molecule has 1 N–H and O–H groups in total. The summed E-state index contributed by atoms with van der Waals surface area (Å²) in [4.78, 5) is 12.4. The van der Waals surface area contributed by atoms with Gasteiger partial charge in [-0.2, -0.15) is 0 Å². The van der Waals surface area contributed by atoms with Crippen molar-refractivity contribution >= 4 is 23.2 Å². The van der Waals surface area contributed by atoms with Crippen LogP contribution in [0, 0.1) is 6.92 Å². The van der Waals surface area contributed by atoms with Gasteiger partial charge in [0.25, 0.3) is 5.91 Å². The summed E-state index contributed by atoms with van der Waals surface area (Å²) >= 11 is 5.94. The fraction of sp³-hybridized carbons (Fsp3) is 0.0455. The summed E-state index contributed by atoms with van der Waals surface area (Å²) in [5, 5.41) is 11.6. The smallest absolute Gasteiger partial charge is 0.255 e. The molecule has 0 aliphatic rings. The number of rotatable bonds is 4. The maximum Gasteiger partial charge on any atom is 0.255 e. The lowest BCUT2D eigenvalue weighted by molar-refractivity contribution is 0.102. The summed E-state index contributed by atoms with van der Waals surface area (Å²) in [6.07, 6.45) is 0. The van der Waals surface area contributed by atoms with Crippen molar-refractivity contribution in [2.24, 2.45) is 0 Å². The minimum absolute atomic E-state index is 0.222. The number of amides is 1. The number of anilines is 1. The summed E-state index contributed by atoms with van der Waals surface area (Å²) in [6, 6.07) is 21.8. The van der Waals surface area contributed by atoms with Crippen LogP contribution in [0.3, 0.4) is 0 Å². The zero-order valence-corrected chi connectivity index (χ0v) is 15.8. The first kappa shape index (κ1) is 17.9. The van der Waals surface area contributed by atoms with Crippen LogP contribution in [-0.4, -0.2) is 16.1 Å². The Morgan fingerprint density at radius 1 is 0.929 bits per heavy atom. The van der Waals surface area contributed by atoms with Gasteiger partial charge in [0.15, 0.2) is 0 Å². The first-order valence-electron chi connectivity index (χ1n) is 8.67. The van der Waals surface area contributed by atoms with E-state index in [9.17, 15) is 4.79 Å². The van der Waals surface area contributed by atoms with E-state index in [1.807, 2.05) is 31.2 Å². The molecule has 28 heavy (non-hydrogen) atoms. The monoisotopic (exact) mass is 389 g/mol. The average Bonchev–Trinajstić information content (AvgIpc) is 3.18. The molecule has 4 aromatic rings. The molecule has 0 bridgehead atoms. The van der Waals surface area contributed by atoms with Gasteiger partial charge in [-0.25, -0.2) is 0 Å². The summed E-state index contributed by atoms with van der Waals surface area (Å²) < 4.78 is 5.81. The highest BCUT2D eigenvalue weighted by molar-refractivity contribution is 6.31. The topological polar surface area (TPSA) is 68.0 Å². The van der Waals surface area contributed by atoms with E-state index < -0.39 is 0 Å². The van der Waals surface area contributed by atoms with Crippen LogP contribution in [-0.2, 0) is 0 Å². The van der Waals surface area contributed by atoms with Crippen molar-refractivity contribution in [2.75, 3.05) is 5.32 Å². The molecule has 0 aliphatic heterocycles. The lowest BCUT2D eigenvalue weighted by Gasteiger charge is -2.06. The van der Waals surface area contributed by atoms with Crippen LogP contribution in [0.5, 0.6) is 0 Å². The molecule has 0 unspecified atom stereocenters. The number of nitrogens with one attached hydrogen (secondary N) is 1. The Hall–Kier alpha value is -3.44. The first-order valence-corrected chi connectivity index (χ1v) is 9.05. The number of nitrogens with zero attached hydrogens (tertiary/aromatic N) is 2. The maximum atomic E-state index is 12.4. The molecule has 6 heteroatoms. The second kappa shape index (κ2) is 7.66. The quantitative estimate of drug-likeness (QED) is 0.492. The normalized spacial score (nSPS) is 10.6. The number of hydrogen-bond donors (Lipinski definition) is 1. The zero-order chi connectivity index (χ0) is 19.5. The van der Waals surface area contributed by atoms with Crippen molar-refractivity contribution in [3.05, 3.63) is 88.9 Å². The van der Waals surface area contributed by atoms with Crippen molar-refractivity contribution in [3.63, 3.8) is 0 Å². The molecular formula is C22H16ClN3O2. The molecule has 0 radical (unpaired) electrons. The van der Waals surface area contributed by atoms with Gasteiger partial charge in [-0.3, -0.25) is 4.79 Å². The number of aromatic nitrogens is 2. The van der Waals surface area contributed by atoms with Gasteiger partial charge < -0.3 is 9.73 Å². The van der Waals surface area contributed by atoms with Gasteiger partial charge in [0.1, 0.15) is 0 Å².